The van der Waals surface area contributed by atoms with Crippen LogP contribution in [0.3, 0.4) is 0 Å². The molecule has 0 radical (unpaired) electrons. The van der Waals surface area contributed by atoms with Crippen molar-refractivity contribution in [1.82, 2.24) is 14.8 Å². The molecule has 0 N–H and O–H groups in total. The molecule has 6 heteroatoms. The van der Waals surface area contributed by atoms with E-state index in [9.17, 15) is 0 Å². The molecule has 0 fully saturated rings. The number of pyridine rings is 1. The third-order valence-electron chi connectivity index (χ3n) is 2.79. The zero-order valence-corrected chi connectivity index (χ0v) is 14.1. The molecule has 0 saturated heterocycles. The number of aromatic nitrogens is 3. The molecule has 1 aromatic carbocycles. The van der Waals surface area contributed by atoms with Gasteiger partial charge in [-0.2, -0.15) is 5.10 Å². The van der Waals surface area contributed by atoms with Crippen LogP contribution in [0.2, 0.25) is 5.02 Å². The van der Waals surface area contributed by atoms with E-state index in [0.29, 0.717) is 6.54 Å². The lowest BCUT2D eigenvalue weighted by Crippen LogP contribution is -2.03. The van der Waals surface area contributed by atoms with E-state index in [-0.39, 0.29) is 0 Å². The first-order chi connectivity index (χ1) is 9.15. The number of nitrogens with zero attached hydrogens (tertiary/aromatic N) is 3. The van der Waals surface area contributed by atoms with Gasteiger partial charge in [0.05, 0.1) is 11.9 Å². The Morgan fingerprint density at radius 1 is 1.32 bits per heavy atom. The van der Waals surface area contributed by atoms with Crippen molar-refractivity contribution in [1.29, 1.82) is 0 Å². The molecule has 0 aliphatic heterocycles. The molecule has 2 aromatic heterocycles. The van der Waals surface area contributed by atoms with Crippen molar-refractivity contribution < 1.29 is 0 Å². The van der Waals surface area contributed by atoms with Crippen LogP contribution in [0, 0.1) is 3.70 Å². The number of fused-ring (bicyclic) bond motifs is 1. The van der Waals surface area contributed by atoms with E-state index in [1.807, 2.05) is 35.0 Å². The van der Waals surface area contributed by atoms with Gasteiger partial charge in [0.2, 0.25) is 0 Å². The molecule has 0 aliphatic carbocycles. The normalized spacial score (nSPS) is 11.1. The third-order valence-corrected chi connectivity index (χ3v) is 4.39. The van der Waals surface area contributed by atoms with E-state index in [0.717, 1.165) is 29.8 Å². The van der Waals surface area contributed by atoms with E-state index in [1.54, 1.807) is 6.20 Å². The van der Waals surface area contributed by atoms with Gasteiger partial charge < -0.3 is 0 Å². The standard InChI is InChI=1S/C13H8BrClIN3/c14-9-5-10-12(16)18-19(13(10)17-6-9)7-8-3-1-2-4-11(8)15/h1-6H,7H2. The summed E-state index contributed by atoms with van der Waals surface area (Å²) in [7, 11) is 0. The quantitative estimate of drug-likeness (QED) is 0.541. The van der Waals surface area contributed by atoms with Gasteiger partial charge in [0.15, 0.2) is 5.65 Å². The van der Waals surface area contributed by atoms with Gasteiger partial charge in [0.1, 0.15) is 3.70 Å². The highest BCUT2D eigenvalue weighted by Gasteiger charge is 2.11. The van der Waals surface area contributed by atoms with Crippen molar-refractivity contribution >= 4 is 61.2 Å². The van der Waals surface area contributed by atoms with Crippen LogP contribution in [0.1, 0.15) is 5.56 Å². The first kappa shape index (κ1) is 13.3. The average molecular weight is 448 g/mol. The molecule has 0 aliphatic rings. The maximum Gasteiger partial charge on any atom is 0.159 e. The Hall–Kier alpha value is -0.660. The first-order valence-corrected chi connectivity index (χ1v) is 7.81. The zero-order valence-electron chi connectivity index (χ0n) is 9.65. The van der Waals surface area contributed by atoms with Crippen molar-refractivity contribution in [2.45, 2.75) is 6.54 Å². The highest BCUT2D eigenvalue weighted by atomic mass is 127. The van der Waals surface area contributed by atoms with Crippen molar-refractivity contribution in [3.8, 4) is 0 Å². The molecule has 0 spiro atoms. The molecule has 3 aromatic rings. The van der Waals surface area contributed by atoms with E-state index in [1.165, 1.54) is 0 Å². The van der Waals surface area contributed by atoms with E-state index in [2.05, 4.69) is 48.6 Å². The van der Waals surface area contributed by atoms with Crippen molar-refractivity contribution in [3.05, 3.63) is 55.3 Å². The first-order valence-electron chi connectivity index (χ1n) is 5.56. The van der Waals surface area contributed by atoms with Crippen molar-refractivity contribution in [3.63, 3.8) is 0 Å². The van der Waals surface area contributed by atoms with Crippen molar-refractivity contribution in [2.24, 2.45) is 0 Å². The molecule has 3 rings (SSSR count). The maximum absolute atomic E-state index is 6.19. The van der Waals surface area contributed by atoms with Crippen LogP contribution < -0.4 is 0 Å². The Labute approximate surface area is 137 Å². The molecular weight excluding hydrogens is 440 g/mol. The van der Waals surface area contributed by atoms with Crippen LogP contribution >= 0.6 is 50.1 Å². The minimum absolute atomic E-state index is 0.619. The Morgan fingerprint density at radius 2 is 2.11 bits per heavy atom. The summed E-state index contributed by atoms with van der Waals surface area (Å²) in [5, 5.41) is 6.32. The van der Waals surface area contributed by atoms with Crippen LogP contribution in [0.5, 0.6) is 0 Å². The number of hydrogen-bond donors (Lipinski definition) is 0. The summed E-state index contributed by atoms with van der Waals surface area (Å²) in [6.07, 6.45) is 1.78. The predicted octanol–water partition coefficient (Wildman–Crippen LogP) is 4.50. The average Bonchev–Trinajstić information content (AvgIpc) is 2.69. The van der Waals surface area contributed by atoms with Crippen LogP contribution in [-0.4, -0.2) is 14.8 Å². The highest BCUT2D eigenvalue weighted by molar-refractivity contribution is 14.1. The monoisotopic (exact) mass is 447 g/mol. The van der Waals surface area contributed by atoms with E-state index < -0.39 is 0 Å². The Morgan fingerprint density at radius 3 is 2.89 bits per heavy atom. The number of benzene rings is 1. The third kappa shape index (κ3) is 2.64. The van der Waals surface area contributed by atoms with Gasteiger partial charge in [-0.1, -0.05) is 29.8 Å². The van der Waals surface area contributed by atoms with Gasteiger partial charge in [-0.25, -0.2) is 9.67 Å². The molecule has 0 atom stereocenters. The summed E-state index contributed by atoms with van der Waals surface area (Å²) in [5.74, 6) is 0. The smallest absolute Gasteiger partial charge is 0.159 e. The van der Waals surface area contributed by atoms with Gasteiger partial charge in [-0.3, -0.25) is 0 Å². The Bertz CT molecular complexity index is 757. The van der Waals surface area contributed by atoms with E-state index in [4.69, 9.17) is 11.6 Å². The second-order valence-electron chi connectivity index (χ2n) is 4.06. The molecule has 0 bridgehead atoms. The molecule has 3 nitrogen and oxygen atoms in total. The van der Waals surface area contributed by atoms with Gasteiger partial charge in [0, 0.05) is 15.7 Å². The molecule has 19 heavy (non-hydrogen) atoms. The summed E-state index contributed by atoms with van der Waals surface area (Å²) in [4.78, 5) is 4.43. The molecular formula is C13H8BrClIN3. The molecule has 96 valence electrons. The van der Waals surface area contributed by atoms with Crippen LogP contribution in [0.4, 0.5) is 0 Å². The largest absolute Gasteiger partial charge is 0.242 e. The predicted molar refractivity (Wildman–Crippen MR) is 88.5 cm³/mol. The fourth-order valence-electron chi connectivity index (χ4n) is 1.89. The number of rotatable bonds is 2. The van der Waals surface area contributed by atoms with Crippen LogP contribution in [0.25, 0.3) is 11.0 Å². The number of hydrogen-bond acceptors (Lipinski definition) is 2. The summed E-state index contributed by atoms with van der Waals surface area (Å²) >= 11 is 11.8. The number of halogens is 3. The second-order valence-corrected chi connectivity index (χ2v) is 6.41. The topological polar surface area (TPSA) is 30.7 Å². The van der Waals surface area contributed by atoms with Gasteiger partial charge in [0.25, 0.3) is 0 Å². The second kappa shape index (κ2) is 5.38. The van der Waals surface area contributed by atoms with Gasteiger partial charge >= 0.3 is 0 Å². The SMILES string of the molecule is Clc1ccccc1Cn1nc(I)c2cc(Br)cnc21. The van der Waals surface area contributed by atoms with Gasteiger partial charge in [-0.05, 0) is 56.2 Å². The van der Waals surface area contributed by atoms with Crippen LogP contribution in [0.15, 0.2) is 41.0 Å². The summed E-state index contributed by atoms with van der Waals surface area (Å²) in [6.45, 7) is 0.619. The van der Waals surface area contributed by atoms with Crippen molar-refractivity contribution in [2.75, 3.05) is 0 Å². The summed E-state index contributed by atoms with van der Waals surface area (Å²) in [5.41, 5.74) is 1.90. The molecule has 0 saturated carbocycles. The highest BCUT2D eigenvalue weighted by Crippen LogP contribution is 2.24. The minimum atomic E-state index is 0.619. The van der Waals surface area contributed by atoms with Gasteiger partial charge in [-0.15, -0.1) is 0 Å². The molecule has 0 amide bonds. The Kier molecular flexibility index (Phi) is 3.77. The molecule has 2 heterocycles. The Balaban J connectivity index is 2.09. The van der Waals surface area contributed by atoms with Crippen LogP contribution in [-0.2, 0) is 6.54 Å². The lowest BCUT2D eigenvalue weighted by Gasteiger charge is -2.05. The lowest BCUT2D eigenvalue weighted by molar-refractivity contribution is 0.698. The zero-order chi connectivity index (χ0) is 13.4. The summed E-state index contributed by atoms with van der Waals surface area (Å²) in [6, 6.07) is 9.81. The fourth-order valence-corrected chi connectivity index (χ4v) is 3.08. The summed E-state index contributed by atoms with van der Waals surface area (Å²) < 4.78 is 3.77. The maximum atomic E-state index is 6.19. The van der Waals surface area contributed by atoms with E-state index >= 15 is 0 Å². The minimum Gasteiger partial charge on any atom is -0.242 e. The lowest BCUT2D eigenvalue weighted by atomic mass is 10.2. The molecule has 0 unspecified atom stereocenters. The fraction of sp³-hybridized carbons (Fsp3) is 0.0769.